The molecular formula is C7H9BrN2O2S. The van der Waals surface area contributed by atoms with Crippen molar-refractivity contribution in [2.24, 2.45) is 0 Å². The molecule has 1 saturated heterocycles. The Bertz CT molecular complexity index is 275. The van der Waals surface area contributed by atoms with E-state index < -0.39 is 0 Å². The third kappa shape index (κ3) is 2.62. The molecule has 0 aromatic carbocycles. The summed E-state index contributed by atoms with van der Waals surface area (Å²) in [6.07, 6.45) is 2.45. The number of ether oxygens (including phenoxy) is 2. The molecule has 0 aliphatic carbocycles. The van der Waals surface area contributed by atoms with Gasteiger partial charge in [0, 0.05) is 6.61 Å². The molecule has 4 nitrogen and oxygen atoms in total. The number of aromatic nitrogens is 2. The Morgan fingerprint density at radius 3 is 3.15 bits per heavy atom. The number of rotatable bonds is 3. The Kier molecular flexibility index (Phi) is 3.13. The molecule has 1 atom stereocenters. The topological polar surface area (TPSA) is 44.2 Å². The standard InChI is InChI=1S/C7H9BrN2O2S/c8-6-9-10-7(13-6)12-4-5-2-1-3-11-5/h5H,1-4H2. The molecule has 1 fully saturated rings. The van der Waals surface area contributed by atoms with Crippen LogP contribution in [0, 0.1) is 0 Å². The molecule has 0 saturated carbocycles. The van der Waals surface area contributed by atoms with Gasteiger partial charge in [-0.2, -0.15) is 0 Å². The monoisotopic (exact) mass is 264 g/mol. The second-order valence-corrected chi connectivity index (χ2v) is 4.98. The highest BCUT2D eigenvalue weighted by Gasteiger charge is 2.16. The van der Waals surface area contributed by atoms with Gasteiger partial charge in [0.15, 0.2) is 3.92 Å². The molecule has 72 valence electrons. The Balaban J connectivity index is 1.78. The average molecular weight is 265 g/mol. The number of nitrogens with zero attached hydrogens (tertiary/aromatic N) is 2. The van der Waals surface area contributed by atoms with Crippen LogP contribution in [0.4, 0.5) is 0 Å². The van der Waals surface area contributed by atoms with E-state index in [9.17, 15) is 0 Å². The predicted molar refractivity (Wildman–Crippen MR) is 52.1 cm³/mol. The van der Waals surface area contributed by atoms with Crippen molar-refractivity contribution in [3.63, 3.8) is 0 Å². The fraction of sp³-hybridized carbons (Fsp3) is 0.714. The highest BCUT2D eigenvalue weighted by atomic mass is 79.9. The normalized spacial score (nSPS) is 22.1. The van der Waals surface area contributed by atoms with Crippen LogP contribution in [0.2, 0.25) is 0 Å². The first-order valence-corrected chi connectivity index (χ1v) is 5.69. The summed E-state index contributed by atoms with van der Waals surface area (Å²) in [7, 11) is 0. The summed E-state index contributed by atoms with van der Waals surface area (Å²) in [6.45, 7) is 1.44. The summed E-state index contributed by atoms with van der Waals surface area (Å²) in [6, 6.07) is 0. The van der Waals surface area contributed by atoms with Crippen molar-refractivity contribution in [3.8, 4) is 5.19 Å². The minimum absolute atomic E-state index is 0.239. The zero-order chi connectivity index (χ0) is 9.10. The summed E-state index contributed by atoms with van der Waals surface area (Å²) in [5.41, 5.74) is 0. The summed E-state index contributed by atoms with van der Waals surface area (Å²) >= 11 is 4.61. The number of halogens is 1. The van der Waals surface area contributed by atoms with Crippen molar-refractivity contribution >= 4 is 27.3 Å². The molecule has 13 heavy (non-hydrogen) atoms. The molecular weight excluding hydrogens is 256 g/mol. The number of hydrogen-bond donors (Lipinski definition) is 0. The van der Waals surface area contributed by atoms with Crippen LogP contribution in [0.1, 0.15) is 12.8 Å². The Morgan fingerprint density at radius 1 is 1.62 bits per heavy atom. The van der Waals surface area contributed by atoms with Gasteiger partial charge in [-0.05, 0) is 40.1 Å². The van der Waals surface area contributed by atoms with Crippen molar-refractivity contribution in [1.82, 2.24) is 10.2 Å². The maximum absolute atomic E-state index is 5.40. The molecule has 0 amide bonds. The SMILES string of the molecule is Brc1nnc(OCC2CCCO2)s1. The minimum Gasteiger partial charge on any atom is -0.466 e. The minimum atomic E-state index is 0.239. The van der Waals surface area contributed by atoms with Crippen LogP contribution in [0.15, 0.2) is 3.92 Å². The lowest BCUT2D eigenvalue weighted by atomic mass is 10.2. The molecule has 2 heterocycles. The molecule has 0 N–H and O–H groups in total. The van der Waals surface area contributed by atoms with Gasteiger partial charge in [-0.25, -0.2) is 0 Å². The van der Waals surface area contributed by atoms with Crippen molar-refractivity contribution in [1.29, 1.82) is 0 Å². The lowest BCUT2D eigenvalue weighted by Crippen LogP contribution is -2.16. The van der Waals surface area contributed by atoms with Gasteiger partial charge in [-0.15, -0.1) is 5.10 Å². The second kappa shape index (κ2) is 4.34. The third-order valence-electron chi connectivity index (χ3n) is 1.80. The molecule has 1 unspecified atom stereocenters. The summed E-state index contributed by atoms with van der Waals surface area (Å²) in [4.78, 5) is 0. The molecule has 1 aromatic heterocycles. The fourth-order valence-corrected chi connectivity index (χ4v) is 2.12. The second-order valence-electron chi connectivity index (χ2n) is 2.77. The van der Waals surface area contributed by atoms with Crippen LogP contribution >= 0.6 is 27.3 Å². The molecule has 0 radical (unpaired) electrons. The summed E-state index contributed by atoms with van der Waals surface area (Å²) in [5, 5.41) is 8.20. The Hall–Kier alpha value is -0.200. The first-order valence-electron chi connectivity index (χ1n) is 4.08. The van der Waals surface area contributed by atoms with Crippen LogP contribution < -0.4 is 4.74 Å². The van der Waals surface area contributed by atoms with Crippen molar-refractivity contribution in [3.05, 3.63) is 3.92 Å². The zero-order valence-electron chi connectivity index (χ0n) is 6.90. The molecule has 1 aliphatic rings. The van der Waals surface area contributed by atoms with Gasteiger partial charge < -0.3 is 9.47 Å². The molecule has 0 spiro atoms. The van der Waals surface area contributed by atoms with Crippen molar-refractivity contribution < 1.29 is 9.47 Å². The van der Waals surface area contributed by atoms with Crippen LogP contribution in [0.25, 0.3) is 0 Å². The van der Waals surface area contributed by atoms with E-state index in [1.165, 1.54) is 11.3 Å². The molecule has 0 bridgehead atoms. The van der Waals surface area contributed by atoms with Gasteiger partial charge in [0.05, 0.1) is 6.10 Å². The Labute approximate surface area is 88.4 Å². The van der Waals surface area contributed by atoms with Gasteiger partial charge in [-0.1, -0.05) is 5.10 Å². The van der Waals surface area contributed by atoms with Gasteiger partial charge in [0.25, 0.3) is 5.19 Å². The van der Waals surface area contributed by atoms with Crippen LogP contribution in [0.5, 0.6) is 5.19 Å². The van der Waals surface area contributed by atoms with E-state index >= 15 is 0 Å². The Morgan fingerprint density at radius 2 is 2.54 bits per heavy atom. The molecule has 6 heteroatoms. The maximum atomic E-state index is 5.40. The number of hydrogen-bond acceptors (Lipinski definition) is 5. The lowest BCUT2D eigenvalue weighted by Gasteiger charge is -2.07. The molecule has 1 aromatic rings. The van der Waals surface area contributed by atoms with Crippen LogP contribution in [-0.4, -0.2) is 29.5 Å². The molecule has 2 rings (SSSR count). The zero-order valence-corrected chi connectivity index (χ0v) is 9.31. The molecule has 1 aliphatic heterocycles. The summed E-state index contributed by atoms with van der Waals surface area (Å²) in [5.74, 6) is 0. The van der Waals surface area contributed by atoms with Gasteiger partial charge in [-0.3, -0.25) is 0 Å². The smallest absolute Gasteiger partial charge is 0.294 e. The highest BCUT2D eigenvalue weighted by Crippen LogP contribution is 2.23. The van der Waals surface area contributed by atoms with Crippen molar-refractivity contribution in [2.45, 2.75) is 18.9 Å². The van der Waals surface area contributed by atoms with E-state index in [0.29, 0.717) is 11.8 Å². The lowest BCUT2D eigenvalue weighted by molar-refractivity contribution is 0.0676. The van der Waals surface area contributed by atoms with E-state index in [-0.39, 0.29) is 6.10 Å². The fourth-order valence-electron chi connectivity index (χ4n) is 1.19. The van der Waals surface area contributed by atoms with Crippen LogP contribution in [0.3, 0.4) is 0 Å². The third-order valence-corrected chi connectivity index (χ3v) is 3.07. The first kappa shape index (κ1) is 9.36. The van der Waals surface area contributed by atoms with E-state index in [0.717, 1.165) is 23.4 Å². The largest absolute Gasteiger partial charge is 0.466 e. The van der Waals surface area contributed by atoms with E-state index in [2.05, 4.69) is 26.1 Å². The maximum Gasteiger partial charge on any atom is 0.294 e. The quantitative estimate of drug-likeness (QED) is 0.836. The van der Waals surface area contributed by atoms with Gasteiger partial charge in [0.1, 0.15) is 6.61 Å². The van der Waals surface area contributed by atoms with Crippen molar-refractivity contribution in [2.75, 3.05) is 13.2 Å². The van der Waals surface area contributed by atoms with E-state index in [1.807, 2.05) is 0 Å². The average Bonchev–Trinajstić information content (AvgIpc) is 2.71. The van der Waals surface area contributed by atoms with Gasteiger partial charge in [0.2, 0.25) is 0 Å². The van der Waals surface area contributed by atoms with Crippen LogP contribution in [-0.2, 0) is 4.74 Å². The highest BCUT2D eigenvalue weighted by molar-refractivity contribution is 9.11. The van der Waals surface area contributed by atoms with E-state index in [4.69, 9.17) is 9.47 Å². The predicted octanol–water partition coefficient (Wildman–Crippen LogP) is 1.86. The van der Waals surface area contributed by atoms with E-state index in [1.54, 1.807) is 0 Å². The first-order chi connectivity index (χ1) is 6.34. The summed E-state index contributed by atoms with van der Waals surface area (Å²) < 4.78 is 11.5. The van der Waals surface area contributed by atoms with Gasteiger partial charge >= 0.3 is 0 Å².